The first-order valence-electron chi connectivity index (χ1n) is 11.1. The zero-order chi connectivity index (χ0) is 26.3. The molecule has 0 aromatic carbocycles. The van der Waals surface area contributed by atoms with E-state index in [1.165, 1.54) is 18.2 Å². The molecule has 0 saturated carbocycles. The van der Waals surface area contributed by atoms with Crippen molar-refractivity contribution in [2.45, 2.75) is 52.0 Å². The molecule has 1 atom stereocenters. The van der Waals surface area contributed by atoms with Crippen LogP contribution < -0.4 is 10.2 Å². The Hall–Kier alpha value is -3.51. The van der Waals surface area contributed by atoms with E-state index >= 15 is 0 Å². The van der Waals surface area contributed by atoms with Crippen molar-refractivity contribution in [2.75, 3.05) is 16.8 Å². The molecular weight excluding hydrogens is 488 g/mol. The fourth-order valence-corrected chi connectivity index (χ4v) is 4.08. The zero-order valence-corrected chi connectivity index (χ0v) is 19.6. The Morgan fingerprint density at radius 1 is 0.889 bits per heavy atom. The van der Waals surface area contributed by atoms with Crippen LogP contribution in [0.2, 0.25) is 0 Å². The van der Waals surface area contributed by atoms with Crippen molar-refractivity contribution in [3.63, 3.8) is 0 Å². The van der Waals surface area contributed by atoms with Gasteiger partial charge in [0.25, 0.3) is 0 Å². The Kier molecular flexibility index (Phi) is 6.52. The Morgan fingerprint density at radius 2 is 1.61 bits per heavy atom. The minimum absolute atomic E-state index is 0.00576. The second kappa shape index (κ2) is 9.17. The van der Waals surface area contributed by atoms with Crippen molar-refractivity contribution >= 4 is 17.6 Å². The summed E-state index contributed by atoms with van der Waals surface area (Å²) in [6.07, 6.45) is -6.64. The largest absolute Gasteiger partial charge is 0.433 e. The molecule has 192 valence electrons. The fraction of sp³-hybridized carbons (Fsp3) is 0.435. The smallest absolute Gasteiger partial charge is 0.337 e. The predicted molar refractivity (Wildman–Crippen MR) is 120 cm³/mol. The molecule has 3 aromatic rings. The van der Waals surface area contributed by atoms with Gasteiger partial charge in [-0.15, -0.1) is 0 Å². The first kappa shape index (κ1) is 25.6. The molecule has 4 rings (SSSR count). The summed E-state index contributed by atoms with van der Waals surface area (Å²) in [6, 6.07) is 5.48. The topological polar surface area (TPSA) is 79.7 Å². The molecule has 1 N–H and O–H groups in total. The van der Waals surface area contributed by atoms with Crippen LogP contribution in [-0.4, -0.2) is 37.5 Å². The van der Waals surface area contributed by atoms with Crippen molar-refractivity contribution in [2.24, 2.45) is 5.41 Å². The minimum atomic E-state index is -4.68. The molecule has 1 saturated heterocycles. The summed E-state index contributed by atoms with van der Waals surface area (Å²) >= 11 is 0. The number of hydrogen-bond acceptors (Lipinski definition) is 7. The number of aromatic nitrogens is 5. The molecule has 3 aromatic heterocycles. The van der Waals surface area contributed by atoms with Crippen LogP contribution in [0.3, 0.4) is 0 Å². The Morgan fingerprint density at radius 3 is 2.28 bits per heavy atom. The third-order valence-electron chi connectivity index (χ3n) is 5.71. The molecule has 1 aliphatic rings. The summed E-state index contributed by atoms with van der Waals surface area (Å²) in [5.74, 6) is -0.0735. The van der Waals surface area contributed by atoms with Crippen LogP contribution in [0.25, 0.3) is 11.5 Å². The molecule has 0 unspecified atom stereocenters. The van der Waals surface area contributed by atoms with Gasteiger partial charge in [-0.25, -0.2) is 4.98 Å². The van der Waals surface area contributed by atoms with Gasteiger partial charge in [-0.3, -0.25) is 4.98 Å². The fourth-order valence-electron chi connectivity index (χ4n) is 4.08. The Balaban J connectivity index is 1.80. The third-order valence-corrected chi connectivity index (χ3v) is 5.71. The monoisotopic (exact) mass is 511 g/mol. The molecule has 7 nitrogen and oxygen atoms in total. The van der Waals surface area contributed by atoms with Crippen molar-refractivity contribution in [3.8, 4) is 11.5 Å². The van der Waals surface area contributed by atoms with Crippen LogP contribution in [0.5, 0.6) is 0 Å². The number of alkyl halides is 6. The van der Waals surface area contributed by atoms with E-state index in [-0.39, 0.29) is 40.6 Å². The van der Waals surface area contributed by atoms with Crippen LogP contribution in [-0.2, 0) is 12.4 Å². The number of nitrogens with zero attached hydrogens (tertiary/aromatic N) is 6. The lowest BCUT2D eigenvalue weighted by Crippen LogP contribution is -2.40. The molecule has 0 aliphatic carbocycles. The summed E-state index contributed by atoms with van der Waals surface area (Å²) in [4.78, 5) is 21.9. The molecule has 1 aliphatic heterocycles. The highest BCUT2D eigenvalue weighted by Gasteiger charge is 2.37. The molecular formula is C23H23F6N7. The van der Waals surface area contributed by atoms with E-state index in [9.17, 15) is 26.3 Å². The van der Waals surface area contributed by atoms with E-state index < -0.39 is 23.7 Å². The minimum Gasteiger partial charge on any atom is -0.337 e. The SMILES string of the molecule is CC(C)(C)[C@H]1CCCN1c1nc(Nc2ccnc(C(F)(F)F)c2)nc(-c2cccc(C(F)(F)F)n2)n1. The van der Waals surface area contributed by atoms with E-state index in [1.807, 2.05) is 4.90 Å². The third kappa shape index (κ3) is 5.65. The van der Waals surface area contributed by atoms with Crippen molar-refractivity contribution in [1.82, 2.24) is 24.9 Å². The Bertz CT molecular complexity index is 1240. The van der Waals surface area contributed by atoms with E-state index in [4.69, 9.17) is 0 Å². The van der Waals surface area contributed by atoms with Gasteiger partial charge in [0, 0.05) is 24.5 Å². The Labute approximate surface area is 203 Å². The lowest BCUT2D eigenvalue weighted by atomic mass is 9.85. The van der Waals surface area contributed by atoms with Gasteiger partial charge in [-0.2, -0.15) is 41.3 Å². The molecule has 36 heavy (non-hydrogen) atoms. The quantitative estimate of drug-likeness (QED) is 0.423. The van der Waals surface area contributed by atoms with Crippen LogP contribution in [0.15, 0.2) is 36.5 Å². The van der Waals surface area contributed by atoms with E-state index in [2.05, 4.69) is 51.0 Å². The normalized spacial score (nSPS) is 16.9. The van der Waals surface area contributed by atoms with Crippen molar-refractivity contribution in [1.29, 1.82) is 0 Å². The van der Waals surface area contributed by atoms with Crippen LogP contribution in [0, 0.1) is 5.41 Å². The number of rotatable bonds is 4. The molecule has 13 heteroatoms. The number of nitrogens with one attached hydrogen (secondary N) is 1. The van der Waals surface area contributed by atoms with Gasteiger partial charge >= 0.3 is 12.4 Å². The van der Waals surface area contributed by atoms with Crippen LogP contribution >= 0.6 is 0 Å². The summed E-state index contributed by atoms with van der Waals surface area (Å²) in [5.41, 5.74) is -2.53. The summed E-state index contributed by atoms with van der Waals surface area (Å²) in [5, 5.41) is 2.71. The lowest BCUT2D eigenvalue weighted by Gasteiger charge is -2.35. The first-order chi connectivity index (χ1) is 16.7. The van der Waals surface area contributed by atoms with Gasteiger partial charge in [0.2, 0.25) is 11.9 Å². The van der Waals surface area contributed by atoms with Gasteiger partial charge in [0.1, 0.15) is 17.1 Å². The lowest BCUT2D eigenvalue weighted by molar-refractivity contribution is -0.141. The van der Waals surface area contributed by atoms with Gasteiger partial charge in [-0.1, -0.05) is 26.8 Å². The summed E-state index contributed by atoms with van der Waals surface area (Å²) in [6.45, 7) is 6.78. The maximum atomic E-state index is 13.3. The maximum Gasteiger partial charge on any atom is 0.433 e. The average Bonchev–Trinajstić information content (AvgIpc) is 3.29. The number of anilines is 3. The first-order valence-corrected chi connectivity index (χ1v) is 11.1. The summed E-state index contributed by atoms with van der Waals surface area (Å²) in [7, 11) is 0. The highest BCUT2D eigenvalue weighted by atomic mass is 19.4. The standard InChI is InChI=1S/C23H23F6N7/c1-21(2,3)17-8-5-11-36(17)20-34-18(14-6-4-7-15(32-14)22(24,25)26)33-19(35-20)31-13-9-10-30-16(12-13)23(27,28)29/h4,6-7,9-10,12,17H,5,8,11H2,1-3H3,(H,30,31,33,34,35)/t17-/m1/s1. The molecule has 4 heterocycles. The van der Waals surface area contributed by atoms with E-state index in [0.29, 0.717) is 6.54 Å². The van der Waals surface area contributed by atoms with Crippen LogP contribution in [0.1, 0.15) is 45.0 Å². The van der Waals surface area contributed by atoms with E-state index in [1.54, 1.807) is 0 Å². The van der Waals surface area contributed by atoms with Gasteiger partial charge in [0.05, 0.1) is 0 Å². The van der Waals surface area contributed by atoms with Gasteiger partial charge in [0.15, 0.2) is 5.82 Å². The molecule has 0 bridgehead atoms. The van der Waals surface area contributed by atoms with Crippen molar-refractivity contribution < 1.29 is 26.3 Å². The number of halogens is 6. The number of pyridine rings is 2. The molecule has 1 fully saturated rings. The second-order valence-corrected chi connectivity index (χ2v) is 9.46. The number of hydrogen-bond donors (Lipinski definition) is 1. The predicted octanol–water partition coefficient (Wildman–Crippen LogP) is 6.12. The van der Waals surface area contributed by atoms with E-state index in [0.717, 1.165) is 31.2 Å². The average molecular weight is 511 g/mol. The van der Waals surface area contributed by atoms with Gasteiger partial charge < -0.3 is 10.2 Å². The zero-order valence-electron chi connectivity index (χ0n) is 19.6. The van der Waals surface area contributed by atoms with Crippen LogP contribution in [0.4, 0.5) is 43.9 Å². The highest BCUT2D eigenvalue weighted by molar-refractivity contribution is 5.59. The molecule has 0 spiro atoms. The van der Waals surface area contributed by atoms with Crippen molar-refractivity contribution in [3.05, 3.63) is 47.9 Å². The molecule has 0 amide bonds. The maximum absolute atomic E-state index is 13.3. The van der Waals surface area contributed by atoms with Gasteiger partial charge in [-0.05, 0) is 42.5 Å². The highest BCUT2D eigenvalue weighted by Crippen LogP contribution is 2.36. The summed E-state index contributed by atoms with van der Waals surface area (Å²) < 4.78 is 79.1. The molecule has 0 radical (unpaired) electrons. The second-order valence-electron chi connectivity index (χ2n) is 9.46.